The molecule has 40 heavy (non-hydrogen) atoms. The van der Waals surface area contributed by atoms with E-state index in [1.165, 1.54) is 4.90 Å². The molecule has 8 nitrogen and oxygen atoms in total. The van der Waals surface area contributed by atoms with Gasteiger partial charge in [0.1, 0.15) is 16.9 Å². The monoisotopic (exact) mass is 557 g/mol. The highest BCUT2D eigenvalue weighted by Crippen LogP contribution is 2.38. The summed E-state index contributed by atoms with van der Waals surface area (Å²) in [4.78, 5) is 27.4. The number of hydrogen-bond acceptors (Lipinski definition) is 7. The fraction of sp³-hybridized carbons (Fsp3) is 0.562. The Bertz CT molecular complexity index is 1110. The number of fused-ring (bicyclic) bond motifs is 1. The minimum Gasteiger partial charge on any atom is -0.452 e. The lowest BCUT2D eigenvalue weighted by Gasteiger charge is -2.33. The number of ether oxygens (including phenoxy) is 4. The molecule has 1 N–H and O–H groups in total. The maximum absolute atomic E-state index is 13.0. The Hall–Kier alpha value is -3.10. The zero-order chi connectivity index (χ0) is 30.3. The van der Waals surface area contributed by atoms with Crippen molar-refractivity contribution in [2.45, 2.75) is 92.8 Å². The van der Waals surface area contributed by atoms with E-state index in [9.17, 15) is 14.7 Å². The number of nitrogens with zero attached hydrogens (tertiary/aromatic N) is 1. The molecular formula is C32H47NO7. The van der Waals surface area contributed by atoms with Crippen molar-refractivity contribution >= 4 is 23.8 Å². The molecule has 222 valence electrons. The molecule has 0 aromatic heterocycles. The van der Waals surface area contributed by atoms with Crippen molar-refractivity contribution in [2.75, 3.05) is 18.1 Å². The van der Waals surface area contributed by atoms with Gasteiger partial charge in [-0.2, -0.15) is 0 Å². The molecule has 1 heterocycles. The van der Waals surface area contributed by atoms with Gasteiger partial charge in [0.15, 0.2) is 0 Å². The van der Waals surface area contributed by atoms with Crippen molar-refractivity contribution in [1.29, 1.82) is 0 Å². The highest BCUT2D eigenvalue weighted by molar-refractivity contribution is 6.00. The molecule has 4 atom stereocenters. The number of carbonyl (C=O) groups is 2. The van der Waals surface area contributed by atoms with Crippen LogP contribution in [0, 0.1) is 11.8 Å². The predicted octanol–water partition coefficient (Wildman–Crippen LogP) is 6.92. The Morgan fingerprint density at radius 2 is 1.70 bits per heavy atom. The molecule has 1 amide bonds. The Morgan fingerprint density at radius 1 is 1.05 bits per heavy atom. The number of rotatable bonds is 11. The van der Waals surface area contributed by atoms with Gasteiger partial charge in [-0.1, -0.05) is 50.3 Å². The maximum Gasteiger partial charge on any atom is 0.414 e. The first-order valence-corrected chi connectivity index (χ1v) is 14.0. The Labute approximate surface area is 239 Å². The number of aliphatic hydroxyl groups excluding tert-OH is 1. The summed E-state index contributed by atoms with van der Waals surface area (Å²) in [5.74, 6) is -1.18. The number of esters is 1. The third kappa shape index (κ3) is 9.52. The minimum absolute atomic E-state index is 0.0439. The normalized spacial score (nSPS) is 18.2. The molecule has 1 aromatic carbocycles. The molecule has 1 aliphatic rings. The molecule has 0 fully saturated rings. The molecule has 1 aliphatic heterocycles. The van der Waals surface area contributed by atoms with E-state index in [4.69, 9.17) is 18.9 Å². The second-order valence-corrected chi connectivity index (χ2v) is 11.5. The number of hydrogen-bond donors (Lipinski definition) is 1. The number of benzene rings is 1. The average molecular weight is 558 g/mol. The molecule has 0 saturated heterocycles. The van der Waals surface area contributed by atoms with E-state index in [-0.39, 0.29) is 23.5 Å². The van der Waals surface area contributed by atoms with Crippen LogP contribution in [0.1, 0.15) is 85.2 Å². The van der Waals surface area contributed by atoms with Gasteiger partial charge in [0.05, 0.1) is 17.9 Å². The van der Waals surface area contributed by atoms with Crippen molar-refractivity contribution in [1.82, 2.24) is 0 Å². The van der Waals surface area contributed by atoms with Crippen LogP contribution in [0.5, 0.6) is 5.75 Å². The summed E-state index contributed by atoms with van der Waals surface area (Å²) in [5.41, 5.74) is 0.721. The van der Waals surface area contributed by atoms with Crippen molar-refractivity contribution in [2.24, 2.45) is 11.8 Å². The smallest absolute Gasteiger partial charge is 0.414 e. The number of anilines is 1. The highest BCUT2D eigenvalue weighted by atomic mass is 16.7. The molecular weight excluding hydrogens is 510 g/mol. The molecule has 0 aliphatic carbocycles. The summed E-state index contributed by atoms with van der Waals surface area (Å²) in [6.07, 6.45) is 10.4. The zero-order valence-corrected chi connectivity index (χ0v) is 25.7. The van der Waals surface area contributed by atoms with Crippen LogP contribution in [0.25, 0.3) is 6.08 Å². The van der Waals surface area contributed by atoms with Gasteiger partial charge in [-0.15, -0.1) is 0 Å². The lowest BCUT2D eigenvalue weighted by Crippen LogP contribution is -2.40. The first-order valence-electron chi connectivity index (χ1n) is 14.0. The predicted molar refractivity (Wildman–Crippen MR) is 159 cm³/mol. The number of carbonyl (C=O) groups excluding carboxylic acids is 2. The first-order chi connectivity index (χ1) is 18.6. The van der Waals surface area contributed by atoms with Crippen LogP contribution in [0.15, 0.2) is 42.5 Å². The van der Waals surface area contributed by atoms with Gasteiger partial charge in [0, 0.05) is 39.0 Å². The Morgan fingerprint density at radius 3 is 2.27 bits per heavy atom. The van der Waals surface area contributed by atoms with Crippen LogP contribution in [0.3, 0.4) is 0 Å². The first kappa shape index (κ1) is 33.1. The third-order valence-electron chi connectivity index (χ3n) is 6.30. The van der Waals surface area contributed by atoms with Crippen LogP contribution in [0.2, 0.25) is 0 Å². The van der Waals surface area contributed by atoms with E-state index >= 15 is 0 Å². The lowest BCUT2D eigenvalue weighted by molar-refractivity contribution is -0.127. The molecule has 8 heteroatoms. The van der Waals surface area contributed by atoms with Crippen LogP contribution in [-0.2, 0) is 14.2 Å². The van der Waals surface area contributed by atoms with Crippen LogP contribution < -0.4 is 9.64 Å². The zero-order valence-electron chi connectivity index (χ0n) is 25.7. The Balaban J connectivity index is 2.43. The van der Waals surface area contributed by atoms with E-state index in [1.54, 1.807) is 39.0 Å². The van der Waals surface area contributed by atoms with Gasteiger partial charge < -0.3 is 24.1 Å². The second-order valence-electron chi connectivity index (χ2n) is 11.5. The van der Waals surface area contributed by atoms with E-state index in [0.717, 1.165) is 0 Å². The minimum atomic E-state index is -1.15. The summed E-state index contributed by atoms with van der Waals surface area (Å²) in [5, 5.41) is 9.76. The topological polar surface area (TPSA) is 94.5 Å². The van der Waals surface area contributed by atoms with Crippen molar-refractivity contribution in [3.63, 3.8) is 0 Å². The second kappa shape index (κ2) is 14.0. The molecule has 0 spiro atoms. The van der Waals surface area contributed by atoms with Gasteiger partial charge in [-0.25, -0.2) is 9.59 Å². The SMILES string of the molecule is CCO[C@@H](/C=C\C=C\c1cc(N(CC)C(=O)OC(C)(C)C)cc2c1C(=O)OC(C)(C)O2)[C@@H](C)/C=C\[C@@H](C)[C@H](C)O. The quantitative estimate of drug-likeness (QED) is 0.179. The van der Waals surface area contributed by atoms with Crippen LogP contribution in [0.4, 0.5) is 10.5 Å². The van der Waals surface area contributed by atoms with E-state index in [1.807, 2.05) is 65.8 Å². The van der Waals surface area contributed by atoms with Crippen molar-refractivity contribution in [3.05, 3.63) is 53.6 Å². The van der Waals surface area contributed by atoms with Crippen molar-refractivity contribution in [3.8, 4) is 5.75 Å². The standard InChI is InChI=1S/C32H47NO7/c1-11-33(30(36)40-31(6,7)8)25-19-24(28-27(20-25)38-32(9,10)39-29(28)35)15-13-14-16-26(37-12-2)22(4)18-17-21(3)23(5)34/h13-23,26,34H,11-12H2,1-10H3/b15-13+,16-14-,18-17-/t21-,22+,23+,26+/m1/s1. The summed E-state index contributed by atoms with van der Waals surface area (Å²) < 4.78 is 23.0. The molecule has 0 unspecified atom stereocenters. The highest BCUT2D eigenvalue weighted by Gasteiger charge is 2.36. The molecule has 2 rings (SSSR count). The van der Waals surface area contributed by atoms with Crippen LogP contribution >= 0.6 is 0 Å². The van der Waals surface area contributed by atoms with Gasteiger partial charge in [-0.3, -0.25) is 4.90 Å². The third-order valence-corrected chi connectivity index (χ3v) is 6.30. The van der Waals surface area contributed by atoms with Gasteiger partial charge >= 0.3 is 12.1 Å². The van der Waals surface area contributed by atoms with E-state index < -0.39 is 29.6 Å². The van der Waals surface area contributed by atoms with Gasteiger partial charge in [-0.05, 0) is 59.1 Å². The number of aliphatic hydroxyl groups is 1. The summed E-state index contributed by atoms with van der Waals surface area (Å²) in [7, 11) is 0. The molecule has 0 radical (unpaired) electrons. The molecule has 0 saturated carbocycles. The molecule has 0 bridgehead atoms. The van der Waals surface area contributed by atoms with Gasteiger partial charge in [0.25, 0.3) is 0 Å². The number of amides is 1. The van der Waals surface area contributed by atoms with Crippen molar-refractivity contribution < 1.29 is 33.6 Å². The van der Waals surface area contributed by atoms with Crippen LogP contribution in [-0.4, -0.2) is 53.9 Å². The number of allylic oxidation sites excluding steroid dienone is 2. The Kier molecular flexibility index (Phi) is 11.6. The largest absolute Gasteiger partial charge is 0.452 e. The van der Waals surface area contributed by atoms with Gasteiger partial charge in [0.2, 0.25) is 5.79 Å². The van der Waals surface area contributed by atoms with E-state index in [0.29, 0.717) is 30.2 Å². The molecule has 1 aromatic rings. The van der Waals surface area contributed by atoms with E-state index in [2.05, 4.69) is 13.0 Å². The number of cyclic esters (lactones) is 1. The maximum atomic E-state index is 13.0. The fourth-order valence-electron chi connectivity index (χ4n) is 4.03. The fourth-order valence-corrected chi connectivity index (χ4v) is 4.03. The summed E-state index contributed by atoms with van der Waals surface area (Å²) in [6, 6.07) is 3.42. The average Bonchev–Trinajstić information content (AvgIpc) is 2.82. The lowest BCUT2D eigenvalue weighted by atomic mass is 9.98. The summed E-state index contributed by atoms with van der Waals surface area (Å²) in [6.45, 7) is 19.3. The summed E-state index contributed by atoms with van der Waals surface area (Å²) >= 11 is 0.